The van der Waals surface area contributed by atoms with Gasteiger partial charge in [0.2, 0.25) is 5.91 Å². The topological polar surface area (TPSA) is 74.0 Å². The smallest absolute Gasteiger partial charge is 0.238 e. The second kappa shape index (κ2) is 7.95. The van der Waals surface area contributed by atoms with Gasteiger partial charge in [0.25, 0.3) is 0 Å². The number of amides is 1. The fourth-order valence-electron chi connectivity index (χ4n) is 2.66. The van der Waals surface area contributed by atoms with E-state index < -0.39 is 0 Å². The van der Waals surface area contributed by atoms with Crippen molar-refractivity contribution in [2.75, 3.05) is 11.9 Å². The molecule has 1 aromatic carbocycles. The highest BCUT2D eigenvalue weighted by molar-refractivity contribution is 5.93. The van der Waals surface area contributed by atoms with Gasteiger partial charge in [-0.05, 0) is 45.4 Å². The molecule has 0 unspecified atom stereocenters. The van der Waals surface area contributed by atoms with Gasteiger partial charge >= 0.3 is 0 Å². The van der Waals surface area contributed by atoms with E-state index in [0.717, 1.165) is 22.6 Å². The molecule has 1 amide bonds. The Morgan fingerprint density at radius 1 is 1.32 bits per heavy atom. The molecule has 0 atom stereocenters. The molecule has 1 N–H and O–H groups in total. The first kappa shape index (κ1) is 18.7. The van der Waals surface area contributed by atoms with Crippen molar-refractivity contribution in [2.45, 2.75) is 40.3 Å². The molecule has 0 spiro atoms. The van der Waals surface area contributed by atoms with Crippen molar-refractivity contribution in [3.8, 4) is 6.07 Å². The number of anilines is 1. The predicted octanol–water partition coefficient (Wildman–Crippen LogP) is 2.76. The standard InChI is InChI=1S/C19H25N5O/c1-13(2)24(11-17-8-6-16(10-20)7-9-17)12-18(25)21-19-14(3)22-23(5)15(19)4/h6-9,13H,11-12H2,1-5H3,(H,21,25). The van der Waals surface area contributed by atoms with Crippen molar-refractivity contribution < 1.29 is 4.79 Å². The molecule has 2 aromatic rings. The first-order chi connectivity index (χ1) is 11.8. The van der Waals surface area contributed by atoms with Crippen LogP contribution in [-0.4, -0.2) is 33.2 Å². The van der Waals surface area contributed by atoms with Crippen LogP contribution in [0.3, 0.4) is 0 Å². The quantitative estimate of drug-likeness (QED) is 0.878. The molecule has 0 fully saturated rings. The normalized spacial score (nSPS) is 11.0. The fourth-order valence-corrected chi connectivity index (χ4v) is 2.66. The molecule has 2 rings (SSSR count). The van der Waals surface area contributed by atoms with Crippen LogP contribution in [0.2, 0.25) is 0 Å². The molecular weight excluding hydrogens is 314 g/mol. The lowest BCUT2D eigenvalue weighted by Gasteiger charge is -2.26. The maximum atomic E-state index is 12.5. The highest BCUT2D eigenvalue weighted by Gasteiger charge is 2.17. The number of aromatic nitrogens is 2. The van der Waals surface area contributed by atoms with Crippen molar-refractivity contribution in [1.29, 1.82) is 5.26 Å². The molecule has 6 nitrogen and oxygen atoms in total. The summed E-state index contributed by atoms with van der Waals surface area (Å²) in [6, 6.07) is 9.80. The van der Waals surface area contributed by atoms with E-state index in [0.29, 0.717) is 18.7 Å². The Morgan fingerprint density at radius 3 is 2.44 bits per heavy atom. The molecule has 0 bridgehead atoms. The van der Waals surface area contributed by atoms with Gasteiger partial charge < -0.3 is 5.32 Å². The van der Waals surface area contributed by atoms with E-state index in [4.69, 9.17) is 5.26 Å². The van der Waals surface area contributed by atoms with Crippen LogP contribution >= 0.6 is 0 Å². The third-order valence-corrected chi connectivity index (χ3v) is 4.32. The number of nitrogens with one attached hydrogen (secondary N) is 1. The van der Waals surface area contributed by atoms with Gasteiger partial charge in [0.15, 0.2) is 0 Å². The van der Waals surface area contributed by atoms with Gasteiger partial charge in [0, 0.05) is 19.6 Å². The molecule has 0 radical (unpaired) electrons. The summed E-state index contributed by atoms with van der Waals surface area (Å²) < 4.78 is 1.77. The number of hydrogen-bond acceptors (Lipinski definition) is 4. The number of carbonyl (C=O) groups excluding carboxylic acids is 1. The van der Waals surface area contributed by atoms with Crippen molar-refractivity contribution in [3.05, 3.63) is 46.8 Å². The highest BCUT2D eigenvalue weighted by atomic mass is 16.2. The zero-order valence-corrected chi connectivity index (χ0v) is 15.5. The lowest BCUT2D eigenvalue weighted by atomic mass is 10.1. The maximum absolute atomic E-state index is 12.5. The maximum Gasteiger partial charge on any atom is 0.238 e. The zero-order chi connectivity index (χ0) is 18.6. The van der Waals surface area contributed by atoms with Crippen LogP contribution < -0.4 is 5.32 Å². The van der Waals surface area contributed by atoms with Crippen LogP contribution in [0.25, 0.3) is 0 Å². The number of aryl methyl sites for hydroxylation is 2. The van der Waals surface area contributed by atoms with Gasteiger partial charge in [-0.1, -0.05) is 12.1 Å². The molecule has 1 aromatic heterocycles. The van der Waals surface area contributed by atoms with Gasteiger partial charge in [-0.2, -0.15) is 10.4 Å². The van der Waals surface area contributed by atoms with Gasteiger partial charge in [0.1, 0.15) is 0 Å². The van der Waals surface area contributed by atoms with E-state index in [1.54, 1.807) is 16.8 Å². The highest BCUT2D eigenvalue weighted by Crippen LogP contribution is 2.18. The summed E-state index contributed by atoms with van der Waals surface area (Å²) in [6.07, 6.45) is 0. The molecule has 1 heterocycles. The van der Waals surface area contributed by atoms with Crippen molar-refractivity contribution in [3.63, 3.8) is 0 Å². The SMILES string of the molecule is Cc1nn(C)c(C)c1NC(=O)CN(Cc1ccc(C#N)cc1)C(C)C. The minimum absolute atomic E-state index is 0.0541. The summed E-state index contributed by atoms with van der Waals surface area (Å²) in [5.74, 6) is -0.0541. The Bertz CT molecular complexity index is 783. The van der Waals surface area contributed by atoms with Crippen LogP contribution in [0.5, 0.6) is 0 Å². The summed E-state index contributed by atoms with van der Waals surface area (Å²) in [6.45, 7) is 8.91. The summed E-state index contributed by atoms with van der Waals surface area (Å²) in [4.78, 5) is 14.6. The Kier molecular flexibility index (Phi) is 5.94. The summed E-state index contributed by atoms with van der Waals surface area (Å²) >= 11 is 0. The number of benzene rings is 1. The Hall–Kier alpha value is -2.65. The van der Waals surface area contributed by atoms with E-state index in [1.807, 2.05) is 33.0 Å². The van der Waals surface area contributed by atoms with Gasteiger partial charge in [-0.15, -0.1) is 0 Å². The van der Waals surface area contributed by atoms with Crippen molar-refractivity contribution >= 4 is 11.6 Å². The van der Waals surface area contributed by atoms with E-state index in [1.165, 1.54) is 0 Å². The molecule has 132 valence electrons. The molecule has 0 saturated carbocycles. The molecule has 0 saturated heterocycles. The van der Waals surface area contributed by atoms with Crippen molar-refractivity contribution in [1.82, 2.24) is 14.7 Å². The lowest BCUT2D eigenvalue weighted by Crippen LogP contribution is -2.37. The van der Waals surface area contributed by atoms with Crippen molar-refractivity contribution in [2.24, 2.45) is 7.05 Å². The van der Waals surface area contributed by atoms with E-state index >= 15 is 0 Å². The Balaban J connectivity index is 2.05. The first-order valence-corrected chi connectivity index (χ1v) is 8.35. The number of carbonyl (C=O) groups is 1. The van der Waals surface area contributed by atoms with Crippen LogP contribution in [0.15, 0.2) is 24.3 Å². The number of rotatable bonds is 6. The summed E-state index contributed by atoms with van der Waals surface area (Å²) in [5, 5.41) is 16.2. The molecule has 0 aliphatic rings. The first-order valence-electron chi connectivity index (χ1n) is 8.35. The second-order valence-electron chi connectivity index (χ2n) is 6.53. The van der Waals surface area contributed by atoms with Gasteiger partial charge in [0.05, 0.1) is 35.3 Å². The number of hydrogen-bond donors (Lipinski definition) is 1. The molecule has 6 heteroatoms. The average molecular weight is 339 g/mol. The summed E-state index contributed by atoms with van der Waals surface area (Å²) in [7, 11) is 1.86. The molecule has 25 heavy (non-hydrogen) atoms. The lowest BCUT2D eigenvalue weighted by molar-refractivity contribution is -0.117. The predicted molar refractivity (Wildman–Crippen MR) is 98.0 cm³/mol. The third-order valence-electron chi connectivity index (χ3n) is 4.32. The fraction of sp³-hybridized carbons (Fsp3) is 0.421. The molecular formula is C19H25N5O. The summed E-state index contributed by atoms with van der Waals surface area (Å²) in [5.41, 5.74) is 4.26. The van der Waals surface area contributed by atoms with Crippen LogP contribution in [0, 0.1) is 25.2 Å². The van der Waals surface area contributed by atoms with E-state index in [9.17, 15) is 4.79 Å². The zero-order valence-electron chi connectivity index (χ0n) is 15.5. The Morgan fingerprint density at radius 2 is 1.96 bits per heavy atom. The second-order valence-corrected chi connectivity index (χ2v) is 6.53. The monoisotopic (exact) mass is 339 g/mol. The largest absolute Gasteiger partial charge is 0.322 e. The van der Waals surface area contributed by atoms with Crippen LogP contribution in [0.4, 0.5) is 5.69 Å². The number of nitrogens with zero attached hydrogens (tertiary/aromatic N) is 4. The molecule has 0 aliphatic carbocycles. The number of nitriles is 1. The van der Waals surface area contributed by atoms with Gasteiger partial charge in [-0.25, -0.2) is 0 Å². The minimum atomic E-state index is -0.0541. The van der Waals surface area contributed by atoms with E-state index in [-0.39, 0.29) is 11.9 Å². The van der Waals surface area contributed by atoms with Crippen LogP contribution in [-0.2, 0) is 18.4 Å². The van der Waals surface area contributed by atoms with E-state index in [2.05, 4.69) is 35.2 Å². The minimum Gasteiger partial charge on any atom is -0.322 e. The third kappa shape index (κ3) is 4.68. The molecule has 0 aliphatic heterocycles. The van der Waals surface area contributed by atoms with Gasteiger partial charge in [-0.3, -0.25) is 14.4 Å². The van der Waals surface area contributed by atoms with Crippen LogP contribution in [0.1, 0.15) is 36.4 Å². The Labute approximate surface area is 149 Å². The average Bonchev–Trinajstić information content (AvgIpc) is 2.81.